The molecule has 0 amide bonds. The number of aliphatic hydroxyl groups excluding tert-OH is 1. The minimum Gasteiger partial charge on any atom is -0.496 e. The van der Waals surface area contributed by atoms with Gasteiger partial charge in [-0.25, -0.2) is 0 Å². The molecule has 1 aromatic carbocycles. The molecule has 1 fully saturated rings. The Morgan fingerprint density at radius 3 is 2.32 bits per heavy atom. The number of aliphatic hydroxyl groups is 1. The van der Waals surface area contributed by atoms with Crippen LogP contribution in [-0.4, -0.2) is 25.9 Å². The van der Waals surface area contributed by atoms with Crippen molar-refractivity contribution in [2.45, 2.75) is 32.7 Å². The summed E-state index contributed by atoms with van der Waals surface area (Å²) in [4.78, 5) is 0. The maximum absolute atomic E-state index is 9.55. The van der Waals surface area contributed by atoms with Gasteiger partial charge in [-0.2, -0.15) is 0 Å². The van der Waals surface area contributed by atoms with Gasteiger partial charge >= 0.3 is 0 Å². The van der Waals surface area contributed by atoms with E-state index >= 15 is 0 Å². The maximum atomic E-state index is 9.55. The van der Waals surface area contributed by atoms with Gasteiger partial charge in [0.15, 0.2) is 0 Å². The number of hydrogen-bond acceptors (Lipinski definition) is 4. The van der Waals surface area contributed by atoms with Gasteiger partial charge in [0.25, 0.3) is 0 Å². The highest BCUT2D eigenvalue weighted by atomic mass is 16.5. The summed E-state index contributed by atoms with van der Waals surface area (Å²) >= 11 is 0. The first-order valence-electron chi connectivity index (χ1n) is 6.59. The van der Waals surface area contributed by atoms with Gasteiger partial charge in [-0.05, 0) is 43.9 Å². The molecule has 0 aromatic heterocycles. The van der Waals surface area contributed by atoms with E-state index in [-0.39, 0.29) is 18.1 Å². The topological polar surface area (TPSA) is 64.7 Å². The summed E-state index contributed by atoms with van der Waals surface area (Å²) in [6.07, 6.45) is 1.92. The van der Waals surface area contributed by atoms with E-state index in [2.05, 4.69) is 0 Å². The largest absolute Gasteiger partial charge is 0.496 e. The SMILES string of the molecule is COc1cc(C(N)C2(CO)CC2)c(OC)c(C)c1C. The molecule has 0 saturated heterocycles. The quantitative estimate of drug-likeness (QED) is 0.855. The van der Waals surface area contributed by atoms with Crippen molar-refractivity contribution < 1.29 is 14.6 Å². The number of ether oxygens (including phenoxy) is 2. The van der Waals surface area contributed by atoms with Crippen LogP contribution >= 0.6 is 0 Å². The first-order chi connectivity index (χ1) is 9.00. The Labute approximate surface area is 114 Å². The van der Waals surface area contributed by atoms with Crippen molar-refractivity contribution in [3.63, 3.8) is 0 Å². The monoisotopic (exact) mass is 265 g/mol. The summed E-state index contributed by atoms with van der Waals surface area (Å²) in [5, 5.41) is 9.55. The number of nitrogens with two attached hydrogens (primary N) is 1. The molecule has 0 radical (unpaired) electrons. The van der Waals surface area contributed by atoms with E-state index in [4.69, 9.17) is 15.2 Å². The third kappa shape index (κ3) is 2.19. The molecule has 1 unspecified atom stereocenters. The van der Waals surface area contributed by atoms with Crippen LogP contribution in [0.3, 0.4) is 0 Å². The minimum atomic E-state index is -0.222. The van der Waals surface area contributed by atoms with E-state index in [1.54, 1.807) is 14.2 Å². The molecule has 106 valence electrons. The van der Waals surface area contributed by atoms with Gasteiger partial charge in [-0.3, -0.25) is 0 Å². The predicted octanol–water partition coefficient (Wildman–Crippen LogP) is 2.09. The molecular weight excluding hydrogens is 242 g/mol. The van der Waals surface area contributed by atoms with Gasteiger partial charge in [-0.1, -0.05) is 0 Å². The average molecular weight is 265 g/mol. The highest BCUT2D eigenvalue weighted by Gasteiger charge is 2.49. The van der Waals surface area contributed by atoms with E-state index in [1.807, 2.05) is 19.9 Å². The summed E-state index contributed by atoms with van der Waals surface area (Å²) in [7, 11) is 3.31. The van der Waals surface area contributed by atoms with E-state index in [1.165, 1.54) is 0 Å². The van der Waals surface area contributed by atoms with Crippen LogP contribution in [0.25, 0.3) is 0 Å². The Morgan fingerprint density at radius 1 is 1.26 bits per heavy atom. The summed E-state index contributed by atoms with van der Waals surface area (Å²) < 4.78 is 10.9. The molecule has 1 saturated carbocycles. The lowest BCUT2D eigenvalue weighted by atomic mass is 9.88. The highest BCUT2D eigenvalue weighted by Crippen LogP contribution is 2.55. The standard InChI is InChI=1S/C15H23NO3/c1-9-10(2)13(19-4)11(7-12(9)18-3)14(16)15(8-17)5-6-15/h7,14,17H,5-6,8,16H2,1-4H3. The van der Waals surface area contributed by atoms with Gasteiger partial charge in [0.05, 0.1) is 20.8 Å². The van der Waals surface area contributed by atoms with Crippen molar-refractivity contribution in [1.29, 1.82) is 0 Å². The Balaban J connectivity index is 2.52. The van der Waals surface area contributed by atoms with Crippen LogP contribution in [0.1, 0.15) is 35.6 Å². The van der Waals surface area contributed by atoms with Crippen molar-refractivity contribution in [2.24, 2.45) is 11.1 Å². The fourth-order valence-corrected chi connectivity index (χ4v) is 2.66. The molecule has 0 heterocycles. The molecule has 1 aliphatic rings. The molecule has 0 aliphatic heterocycles. The zero-order valence-electron chi connectivity index (χ0n) is 12.1. The molecule has 19 heavy (non-hydrogen) atoms. The molecule has 1 aromatic rings. The van der Waals surface area contributed by atoms with E-state index in [0.29, 0.717) is 0 Å². The fourth-order valence-electron chi connectivity index (χ4n) is 2.66. The Bertz CT molecular complexity index is 481. The van der Waals surface area contributed by atoms with Crippen molar-refractivity contribution in [1.82, 2.24) is 0 Å². The summed E-state index contributed by atoms with van der Waals surface area (Å²) in [6, 6.07) is 1.72. The molecule has 4 heteroatoms. The van der Waals surface area contributed by atoms with Gasteiger partial charge in [0, 0.05) is 17.0 Å². The lowest BCUT2D eigenvalue weighted by molar-refractivity contribution is 0.186. The van der Waals surface area contributed by atoms with Crippen LogP contribution in [0, 0.1) is 19.3 Å². The molecule has 1 aliphatic carbocycles. The van der Waals surface area contributed by atoms with Crippen LogP contribution in [0.15, 0.2) is 6.07 Å². The second kappa shape index (κ2) is 5.02. The van der Waals surface area contributed by atoms with Gasteiger partial charge in [0.2, 0.25) is 0 Å². The van der Waals surface area contributed by atoms with Gasteiger partial charge in [0.1, 0.15) is 11.5 Å². The number of hydrogen-bond donors (Lipinski definition) is 2. The molecular formula is C15H23NO3. The summed E-state index contributed by atoms with van der Waals surface area (Å²) in [5.74, 6) is 1.63. The predicted molar refractivity (Wildman–Crippen MR) is 74.7 cm³/mol. The van der Waals surface area contributed by atoms with Crippen LogP contribution in [-0.2, 0) is 0 Å². The maximum Gasteiger partial charge on any atom is 0.127 e. The van der Waals surface area contributed by atoms with Crippen LogP contribution < -0.4 is 15.2 Å². The second-order valence-corrected chi connectivity index (χ2v) is 5.45. The molecule has 2 rings (SSSR count). The van der Waals surface area contributed by atoms with E-state index < -0.39 is 0 Å². The normalized spacial score (nSPS) is 18.0. The first-order valence-corrected chi connectivity index (χ1v) is 6.59. The molecule has 0 bridgehead atoms. The third-order valence-corrected chi connectivity index (χ3v) is 4.45. The van der Waals surface area contributed by atoms with Crippen LogP contribution in [0.2, 0.25) is 0 Å². The molecule has 1 atom stereocenters. The zero-order valence-corrected chi connectivity index (χ0v) is 12.1. The lowest BCUT2D eigenvalue weighted by Crippen LogP contribution is -2.26. The molecule has 0 spiro atoms. The van der Waals surface area contributed by atoms with Crippen LogP contribution in [0.4, 0.5) is 0 Å². The van der Waals surface area contributed by atoms with Crippen LogP contribution in [0.5, 0.6) is 11.5 Å². The van der Waals surface area contributed by atoms with Crippen molar-refractivity contribution in [2.75, 3.05) is 20.8 Å². The number of benzene rings is 1. The number of methoxy groups -OCH3 is 2. The van der Waals surface area contributed by atoms with Gasteiger partial charge in [-0.15, -0.1) is 0 Å². The van der Waals surface area contributed by atoms with E-state index in [9.17, 15) is 5.11 Å². The second-order valence-electron chi connectivity index (χ2n) is 5.45. The van der Waals surface area contributed by atoms with Gasteiger partial charge < -0.3 is 20.3 Å². The lowest BCUT2D eigenvalue weighted by Gasteiger charge is -2.26. The Morgan fingerprint density at radius 2 is 1.89 bits per heavy atom. The fraction of sp³-hybridized carbons (Fsp3) is 0.600. The van der Waals surface area contributed by atoms with E-state index in [0.717, 1.165) is 41.0 Å². The van der Waals surface area contributed by atoms with Crippen molar-refractivity contribution in [3.05, 3.63) is 22.8 Å². The first kappa shape index (κ1) is 14.2. The number of rotatable bonds is 5. The summed E-state index contributed by atoms with van der Waals surface area (Å²) in [5.41, 5.74) is 9.22. The molecule has 3 N–H and O–H groups in total. The van der Waals surface area contributed by atoms with Crippen molar-refractivity contribution in [3.8, 4) is 11.5 Å². The van der Waals surface area contributed by atoms with Crippen molar-refractivity contribution >= 4 is 0 Å². The minimum absolute atomic E-state index is 0.118. The Kier molecular flexibility index (Phi) is 3.74. The molecule has 4 nitrogen and oxygen atoms in total. The highest BCUT2D eigenvalue weighted by molar-refractivity contribution is 5.54. The zero-order chi connectivity index (χ0) is 14.2. The summed E-state index contributed by atoms with van der Waals surface area (Å²) in [6.45, 7) is 4.13. The smallest absolute Gasteiger partial charge is 0.127 e. The Hall–Kier alpha value is -1.26. The third-order valence-electron chi connectivity index (χ3n) is 4.45. The average Bonchev–Trinajstić information content (AvgIpc) is 3.21.